The number of rotatable bonds is 6. The SMILES string of the molecule is Nc1cc(CCCl)c([N+](=O)[O-])cc1OCc1ccccc1. The number of hydrogen-bond acceptors (Lipinski definition) is 4. The summed E-state index contributed by atoms with van der Waals surface area (Å²) < 4.78 is 5.58. The fourth-order valence-corrected chi connectivity index (χ4v) is 2.17. The summed E-state index contributed by atoms with van der Waals surface area (Å²) in [5.74, 6) is 0.605. The molecule has 0 radical (unpaired) electrons. The molecule has 6 heteroatoms. The third-order valence-corrected chi connectivity index (χ3v) is 3.20. The van der Waals surface area contributed by atoms with Crippen molar-refractivity contribution in [1.82, 2.24) is 0 Å². The lowest BCUT2D eigenvalue weighted by Crippen LogP contribution is -2.03. The molecule has 0 spiro atoms. The number of benzene rings is 2. The van der Waals surface area contributed by atoms with Gasteiger partial charge >= 0.3 is 0 Å². The largest absolute Gasteiger partial charge is 0.486 e. The van der Waals surface area contributed by atoms with Crippen molar-refractivity contribution in [2.45, 2.75) is 13.0 Å². The monoisotopic (exact) mass is 306 g/mol. The molecular weight excluding hydrogens is 292 g/mol. The van der Waals surface area contributed by atoms with Crippen molar-refractivity contribution < 1.29 is 9.66 Å². The number of nitrogen functional groups attached to an aromatic ring is 1. The van der Waals surface area contributed by atoms with E-state index in [1.165, 1.54) is 6.07 Å². The molecule has 5 nitrogen and oxygen atoms in total. The maximum atomic E-state index is 11.1. The summed E-state index contributed by atoms with van der Waals surface area (Å²) in [7, 11) is 0. The normalized spacial score (nSPS) is 10.3. The maximum absolute atomic E-state index is 11.1. The number of nitrogens with two attached hydrogens (primary N) is 1. The minimum absolute atomic E-state index is 0.0205. The molecule has 2 aromatic rings. The smallest absolute Gasteiger partial charge is 0.276 e. The van der Waals surface area contributed by atoms with Crippen LogP contribution in [0.2, 0.25) is 0 Å². The molecule has 110 valence electrons. The van der Waals surface area contributed by atoms with Gasteiger partial charge in [0.05, 0.1) is 16.7 Å². The third-order valence-electron chi connectivity index (χ3n) is 3.01. The van der Waals surface area contributed by atoms with E-state index in [-0.39, 0.29) is 5.69 Å². The zero-order valence-electron chi connectivity index (χ0n) is 11.3. The number of halogens is 1. The molecule has 0 aromatic heterocycles. The summed E-state index contributed by atoms with van der Waals surface area (Å²) in [6.07, 6.45) is 0.390. The number of nitrogens with zero attached hydrogens (tertiary/aromatic N) is 1. The molecule has 2 aromatic carbocycles. The molecule has 2 N–H and O–H groups in total. The predicted molar refractivity (Wildman–Crippen MR) is 82.7 cm³/mol. The van der Waals surface area contributed by atoms with Crippen molar-refractivity contribution in [3.8, 4) is 5.75 Å². The number of nitro benzene ring substituents is 1. The van der Waals surface area contributed by atoms with Gasteiger partial charge in [-0.1, -0.05) is 30.3 Å². The molecule has 0 saturated heterocycles. The van der Waals surface area contributed by atoms with Gasteiger partial charge in [0.1, 0.15) is 12.4 Å². The van der Waals surface area contributed by atoms with Gasteiger partial charge in [-0.3, -0.25) is 10.1 Å². The second-order valence-electron chi connectivity index (χ2n) is 4.49. The van der Waals surface area contributed by atoms with Crippen molar-refractivity contribution in [3.05, 3.63) is 63.7 Å². The second-order valence-corrected chi connectivity index (χ2v) is 4.87. The summed E-state index contributed by atoms with van der Waals surface area (Å²) >= 11 is 5.65. The Kier molecular flexibility index (Phi) is 5.00. The van der Waals surface area contributed by atoms with Gasteiger partial charge in [0, 0.05) is 11.4 Å². The van der Waals surface area contributed by atoms with Gasteiger partial charge in [-0.05, 0) is 18.1 Å². The predicted octanol–water partition coefficient (Wildman–Crippen LogP) is 3.54. The molecule has 0 aliphatic heterocycles. The molecule has 2 rings (SSSR count). The van der Waals surface area contributed by atoms with Crippen LogP contribution in [0.5, 0.6) is 5.75 Å². The lowest BCUT2D eigenvalue weighted by molar-refractivity contribution is -0.385. The van der Waals surface area contributed by atoms with Crippen LogP contribution in [0.1, 0.15) is 11.1 Å². The van der Waals surface area contributed by atoms with Crippen LogP contribution in [0.15, 0.2) is 42.5 Å². The Morgan fingerprint density at radius 3 is 2.57 bits per heavy atom. The molecule has 0 heterocycles. The van der Waals surface area contributed by atoms with Crippen LogP contribution in [-0.4, -0.2) is 10.8 Å². The Morgan fingerprint density at radius 2 is 1.95 bits per heavy atom. The van der Waals surface area contributed by atoms with E-state index in [2.05, 4.69) is 0 Å². The molecule has 0 saturated carbocycles. The second kappa shape index (κ2) is 6.95. The summed E-state index contributed by atoms with van der Waals surface area (Å²) in [4.78, 5) is 10.7. The van der Waals surface area contributed by atoms with E-state index >= 15 is 0 Å². The third kappa shape index (κ3) is 3.86. The summed E-state index contributed by atoms with van der Waals surface area (Å²) in [5.41, 5.74) is 7.72. The fraction of sp³-hybridized carbons (Fsp3) is 0.200. The van der Waals surface area contributed by atoms with E-state index in [0.29, 0.717) is 35.9 Å². The van der Waals surface area contributed by atoms with Crippen molar-refractivity contribution in [2.24, 2.45) is 0 Å². The van der Waals surface area contributed by atoms with E-state index in [0.717, 1.165) is 5.56 Å². The van der Waals surface area contributed by atoms with Gasteiger partial charge < -0.3 is 10.5 Å². The molecule has 0 aliphatic carbocycles. The highest BCUT2D eigenvalue weighted by Crippen LogP contribution is 2.32. The zero-order valence-corrected chi connectivity index (χ0v) is 12.0. The van der Waals surface area contributed by atoms with Crippen LogP contribution >= 0.6 is 11.6 Å². The zero-order chi connectivity index (χ0) is 15.2. The number of anilines is 1. The first-order chi connectivity index (χ1) is 10.1. The standard InChI is InChI=1S/C15H15ClN2O3/c16-7-6-12-8-13(17)15(9-14(12)18(19)20)21-10-11-4-2-1-3-5-11/h1-5,8-9H,6-7,10,17H2. The lowest BCUT2D eigenvalue weighted by Gasteiger charge is -2.11. The Labute approximate surface area is 127 Å². The number of ether oxygens (including phenoxy) is 1. The van der Waals surface area contributed by atoms with E-state index in [1.807, 2.05) is 30.3 Å². The van der Waals surface area contributed by atoms with Crippen LogP contribution in [0.25, 0.3) is 0 Å². The fourth-order valence-electron chi connectivity index (χ4n) is 1.97. The van der Waals surface area contributed by atoms with E-state index in [1.54, 1.807) is 6.07 Å². The summed E-state index contributed by atoms with van der Waals surface area (Å²) in [6, 6.07) is 12.4. The number of hydrogen-bond donors (Lipinski definition) is 1. The van der Waals surface area contributed by atoms with Crippen molar-refractivity contribution >= 4 is 23.0 Å². The van der Waals surface area contributed by atoms with Crippen LogP contribution in [0.3, 0.4) is 0 Å². The number of alkyl halides is 1. The summed E-state index contributed by atoms with van der Waals surface area (Å²) in [5, 5.41) is 11.1. The topological polar surface area (TPSA) is 78.4 Å². The average molecular weight is 307 g/mol. The van der Waals surface area contributed by atoms with Gasteiger partial charge in [0.15, 0.2) is 0 Å². The summed E-state index contributed by atoms with van der Waals surface area (Å²) in [6.45, 7) is 0.303. The number of nitro groups is 1. The quantitative estimate of drug-likeness (QED) is 0.383. The lowest BCUT2D eigenvalue weighted by atomic mass is 10.1. The van der Waals surface area contributed by atoms with Gasteiger partial charge in [0.2, 0.25) is 0 Å². The average Bonchev–Trinajstić information content (AvgIpc) is 2.47. The highest BCUT2D eigenvalue weighted by molar-refractivity contribution is 6.18. The molecule has 21 heavy (non-hydrogen) atoms. The van der Waals surface area contributed by atoms with Crippen molar-refractivity contribution in [1.29, 1.82) is 0 Å². The first-order valence-corrected chi connectivity index (χ1v) is 6.94. The molecule has 0 amide bonds. The van der Waals surface area contributed by atoms with Crippen molar-refractivity contribution in [3.63, 3.8) is 0 Å². The molecular formula is C15H15ClN2O3. The van der Waals surface area contributed by atoms with Gasteiger partial charge in [0.25, 0.3) is 5.69 Å². The van der Waals surface area contributed by atoms with Crippen LogP contribution in [-0.2, 0) is 13.0 Å². The Balaban J connectivity index is 2.23. The Morgan fingerprint density at radius 1 is 1.24 bits per heavy atom. The molecule has 0 unspecified atom stereocenters. The molecule has 0 aliphatic rings. The van der Waals surface area contributed by atoms with Gasteiger partial charge in [-0.25, -0.2) is 0 Å². The van der Waals surface area contributed by atoms with Gasteiger partial charge in [-0.15, -0.1) is 11.6 Å². The maximum Gasteiger partial charge on any atom is 0.276 e. The molecule has 0 atom stereocenters. The van der Waals surface area contributed by atoms with E-state index in [4.69, 9.17) is 22.1 Å². The van der Waals surface area contributed by atoms with Gasteiger partial charge in [-0.2, -0.15) is 0 Å². The highest BCUT2D eigenvalue weighted by atomic mass is 35.5. The molecule has 0 bridgehead atoms. The Bertz CT molecular complexity index is 632. The Hall–Kier alpha value is -2.27. The first-order valence-electron chi connectivity index (χ1n) is 6.41. The minimum atomic E-state index is -0.448. The van der Waals surface area contributed by atoms with Crippen molar-refractivity contribution in [2.75, 3.05) is 11.6 Å². The minimum Gasteiger partial charge on any atom is -0.486 e. The van der Waals surface area contributed by atoms with Crippen LogP contribution < -0.4 is 10.5 Å². The van der Waals surface area contributed by atoms with E-state index < -0.39 is 4.92 Å². The van der Waals surface area contributed by atoms with Crippen LogP contribution in [0, 0.1) is 10.1 Å². The number of aryl methyl sites for hydroxylation is 1. The molecule has 0 fully saturated rings. The van der Waals surface area contributed by atoms with Crippen LogP contribution in [0.4, 0.5) is 11.4 Å². The van der Waals surface area contributed by atoms with E-state index in [9.17, 15) is 10.1 Å². The first kappa shape index (κ1) is 15.1. The highest BCUT2D eigenvalue weighted by Gasteiger charge is 2.17.